The van der Waals surface area contributed by atoms with E-state index < -0.39 is 18.2 Å². The van der Waals surface area contributed by atoms with Gasteiger partial charge in [0.15, 0.2) is 0 Å². The van der Waals surface area contributed by atoms with Crippen molar-refractivity contribution in [1.29, 1.82) is 0 Å². The lowest BCUT2D eigenvalue weighted by Gasteiger charge is -2.24. The van der Waals surface area contributed by atoms with Gasteiger partial charge in [0.1, 0.15) is 6.10 Å². The summed E-state index contributed by atoms with van der Waals surface area (Å²) in [5.74, 6) is -0.527. The van der Waals surface area contributed by atoms with E-state index in [0.717, 1.165) is 83.5 Å². The van der Waals surface area contributed by atoms with Gasteiger partial charge in [-0.25, -0.2) is 0 Å². The normalized spacial score (nSPS) is 13.8. The van der Waals surface area contributed by atoms with Gasteiger partial charge in [0.2, 0.25) is 5.91 Å². The molecule has 0 saturated carbocycles. The van der Waals surface area contributed by atoms with E-state index in [0.29, 0.717) is 19.3 Å². The molecule has 0 spiro atoms. The summed E-state index contributed by atoms with van der Waals surface area (Å²) in [6.07, 6.45) is 50.3. The minimum atomic E-state index is -0.796. The van der Waals surface area contributed by atoms with Crippen LogP contribution in [0.4, 0.5) is 0 Å². The van der Waals surface area contributed by atoms with E-state index >= 15 is 0 Å². The highest BCUT2D eigenvalue weighted by Crippen LogP contribution is 2.17. The number of allylic oxidation sites excluding steroid dienone is 8. The van der Waals surface area contributed by atoms with Crippen LogP contribution in [0.3, 0.4) is 0 Å². The van der Waals surface area contributed by atoms with Crippen molar-refractivity contribution in [2.45, 2.75) is 244 Å². The maximum absolute atomic E-state index is 13.1. The van der Waals surface area contributed by atoms with Gasteiger partial charge in [-0.3, -0.25) is 9.59 Å². The van der Waals surface area contributed by atoms with E-state index in [4.69, 9.17) is 4.74 Å². The maximum atomic E-state index is 13.1. The van der Waals surface area contributed by atoms with Crippen molar-refractivity contribution in [3.8, 4) is 0 Å². The molecule has 0 heterocycles. The Bertz CT molecular complexity index is 957. The van der Waals surface area contributed by atoms with Gasteiger partial charge in [-0.2, -0.15) is 0 Å². The smallest absolute Gasteiger partial charge is 0.306 e. The Balaban J connectivity index is 4.65. The van der Waals surface area contributed by atoms with Crippen LogP contribution in [-0.4, -0.2) is 46.9 Å². The molecule has 6 nitrogen and oxygen atoms in total. The molecule has 1 amide bonds. The second-order valence-electron chi connectivity index (χ2n) is 15.8. The van der Waals surface area contributed by atoms with Crippen LogP contribution in [0.15, 0.2) is 48.6 Å². The third-order valence-electron chi connectivity index (χ3n) is 10.5. The van der Waals surface area contributed by atoms with Gasteiger partial charge in [-0.05, 0) is 64.2 Å². The molecule has 0 radical (unpaired) electrons. The van der Waals surface area contributed by atoms with Crippen molar-refractivity contribution in [1.82, 2.24) is 5.32 Å². The molecule has 320 valence electrons. The van der Waals surface area contributed by atoms with Gasteiger partial charge in [-0.15, -0.1) is 0 Å². The molecule has 0 bridgehead atoms. The molecule has 0 aromatic heterocycles. The number of hydrogen-bond donors (Lipinski definition) is 3. The number of aliphatic hydroxyl groups is 2. The molecule has 6 heteroatoms. The molecule has 55 heavy (non-hydrogen) atoms. The molecule has 0 aliphatic heterocycles. The fraction of sp³-hybridized carbons (Fsp3) is 0.796. The van der Waals surface area contributed by atoms with Crippen molar-refractivity contribution in [3.63, 3.8) is 0 Å². The number of unbranched alkanes of at least 4 members (excludes halogenated alkanes) is 23. The Morgan fingerprint density at radius 3 is 1.56 bits per heavy atom. The zero-order chi connectivity index (χ0) is 40.3. The van der Waals surface area contributed by atoms with Crippen LogP contribution in [0, 0.1) is 0 Å². The summed E-state index contributed by atoms with van der Waals surface area (Å²) in [4.78, 5) is 26.0. The molecule has 0 aliphatic carbocycles. The second kappa shape index (κ2) is 43.0. The highest BCUT2D eigenvalue weighted by atomic mass is 16.5. The summed E-state index contributed by atoms with van der Waals surface area (Å²) in [6.45, 7) is 6.31. The Kier molecular flexibility index (Phi) is 41.2. The van der Waals surface area contributed by atoms with E-state index in [1.54, 1.807) is 0 Å². The number of esters is 1. The van der Waals surface area contributed by atoms with Crippen LogP contribution in [0.5, 0.6) is 0 Å². The highest BCUT2D eigenvalue weighted by Gasteiger charge is 2.24. The zero-order valence-electron chi connectivity index (χ0n) is 36.3. The quantitative estimate of drug-likeness (QED) is 0.0249. The average molecular weight is 772 g/mol. The third kappa shape index (κ3) is 38.5. The van der Waals surface area contributed by atoms with Crippen LogP contribution in [0.2, 0.25) is 0 Å². The van der Waals surface area contributed by atoms with E-state index in [2.05, 4.69) is 74.7 Å². The van der Waals surface area contributed by atoms with Crippen LogP contribution >= 0.6 is 0 Å². The molecule has 0 aromatic rings. The summed E-state index contributed by atoms with van der Waals surface area (Å²) >= 11 is 0. The van der Waals surface area contributed by atoms with Crippen molar-refractivity contribution in [2.75, 3.05) is 6.61 Å². The number of aliphatic hydroxyl groups excluding tert-OH is 2. The summed E-state index contributed by atoms with van der Waals surface area (Å²) in [5.41, 5.74) is 0. The molecule has 3 N–H and O–H groups in total. The van der Waals surface area contributed by atoms with Crippen molar-refractivity contribution in [3.05, 3.63) is 48.6 Å². The largest absolute Gasteiger partial charge is 0.462 e. The monoisotopic (exact) mass is 772 g/mol. The number of rotatable bonds is 41. The lowest BCUT2D eigenvalue weighted by atomic mass is 10.0. The van der Waals surface area contributed by atoms with E-state index in [1.807, 2.05) is 0 Å². The van der Waals surface area contributed by atoms with E-state index in [-0.39, 0.29) is 24.9 Å². The predicted octanol–water partition coefficient (Wildman–Crippen LogP) is 13.5. The first-order valence-electron chi connectivity index (χ1n) is 23.4. The van der Waals surface area contributed by atoms with Gasteiger partial charge in [-0.1, -0.05) is 198 Å². The molecular formula is C49H89NO5. The first-order valence-corrected chi connectivity index (χ1v) is 23.4. The summed E-state index contributed by atoms with van der Waals surface area (Å²) in [7, 11) is 0. The Morgan fingerprint density at radius 1 is 0.545 bits per heavy atom. The molecule has 3 unspecified atom stereocenters. The average Bonchev–Trinajstić information content (AvgIpc) is 3.18. The fourth-order valence-corrected chi connectivity index (χ4v) is 6.90. The standard InChI is InChI=1S/C49H89NO5/c1-4-7-10-13-16-19-22-24-27-30-33-36-39-42-49(54)55-45(40-37-34-31-28-26-23-20-17-14-11-8-5-2)43-48(53)50-46(44-51)47(52)41-38-35-32-29-25-21-18-15-12-9-6-3/h7,10,13,16,19,22,28,31,45-47,51-52H,4-6,8-9,11-12,14-15,17-18,20-21,23-27,29-30,32-44H2,1-3H3,(H,50,53)/b10-7+,16-13+,22-19-,31-28-. The SMILES string of the molecule is CC/C=C/C=C/C=C\CCCCCCCC(=O)OC(CCC/C=C\CCCCCCCCC)CC(=O)NC(CO)C(O)CCCCCCCCCCCCC. The van der Waals surface area contributed by atoms with Crippen molar-refractivity contribution in [2.24, 2.45) is 0 Å². The zero-order valence-corrected chi connectivity index (χ0v) is 36.3. The Hall–Kier alpha value is -2.18. The van der Waals surface area contributed by atoms with Gasteiger partial charge in [0, 0.05) is 6.42 Å². The molecular weight excluding hydrogens is 683 g/mol. The number of amides is 1. The fourth-order valence-electron chi connectivity index (χ4n) is 6.90. The summed E-state index contributed by atoms with van der Waals surface area (Å²) < 4.78 is 5.88. The summed E-state index contributed by atoms with van der Waals surface area (Å²) in [6, 6.07) is -0.712. The summed E-state index contributed by atoms with van der Waals surface area (Å²) in [5, 5.41) is 23.6. The Labute approximate surface area is 340 Å². The van der Waals surface area contributed by atoms with Gasteiger partial charge in [0.25, 0.3) is 0 Å². The number of carbonyl (C=O) groups is 2. The Morgan fingerprint density at radius 2 is 1.02 bits per heavy atom. The van der Waals surface area contributed by atoms with Gasteiger partial charge in [0.05, 0.1) is 25.2 Å². The molecule has 0 aliphatic rings. The molecule has 3 atom stereocenters. The molecule has 0 fully saturated rings. The minimum Gasteiger partial charge on any atom is -0.462 e. The first kappa shape index (κ1) is 52.8. The lowest BCUT2D eigenvalue weighted by molar-refractivity contribution is -0.151. The maximum Gasteiger partial charge on any atom is 0.306 e. The number of nitrogens with one attached hydrogen (secondary N) is 1. The third-order valence-corrected chi connectivity index (χ3v) is 10.5. The molecule has 0 saturated heterocycles. The van der Waals surface area contributed by atoms with Gasteiger partial charge >= 0.3 is 5.97 Å². The second-order valence-corrected chi connectivity index (χ2v) is 15.8. The number of hydrogen-bond acceptors (Lipinski definition) is 5. The minimum absolute atomic E-state index is 0.0484. The molecule has 0 aromatic carbocycles. The van der Waals surface area contributed by atoms with Crippen LogP contribution in [0.1, 0.15) is 226 Å². The number of carbonyl (C=O) groups excluding carboxylic acids is 2. The number of ether oxygens (including phenoxy) is 1. The van der Waals surface area contributed by atoms with Crippen LogP contribution < -0.4 is 5.32 Å². The molecule has 0 rings (SSSR count). The van der Waals surface area contributed by atoms with E-state index in [9.17, 15) is 19.8 Å². The first-order chi connectivity index (χ1) is 27.0. The van der Waals surface area contributed by atoms with E-state index in [1.165, 1.54) is 96.3 Å². The van der Waals surface area contributed by atoms with Gasteiger partial charge < -0.3 is 20.3 Å². The topological polar surface area (TPSA) is 95.9 Å². The van der Waals surface area contributed by atoms with Crippen LogP contribution in [-0.2, 0) is 14.3 Å². The van der Waals surface area contributed by atoms with Crippen molar-refractivity contribution < 1.29 is 24.5 Å². The highest BCUT2D eigenvalue weighted by molar-refractivity contribution is 5.77. The lowest BCUT2D eigenvalue weighted by Crippen LogP contribution is -2.46. The van der Waals surface area contributed by atoms with Crippen molar-refractivity contribution >= 4 is 11.9 Å². The predicted molar refractivity (Wildman–Crippen MR) is 236 cm³/mol. The van der Waals surface area contributed by atoms with Crippen LogP contribution in [0.25, 0.3) is 0 Å².